The lowest BCUT2D eigenvalue weighted by Gasteiger charge is -2.06. The molecule has 22 heavy (non-hydrogen) atoms. The van der Waals surface area contributed by atoms with Gasteiger partial charge >= 0.3 is 0 Å². The highest BCUT2D eigenvalue weighted by Gasteiger charge is 2.05. The highest BCUT2D eigenvalue weighted by atomic mass is 35.5. The Morgan fingerprint density at radius 2 is 2.00 bits per heavy atom. The average molecular weight is 328 g/mol. The largest absolute Gasteiger partial charge is 0.342 e. The Labute approximate surface area is 138 Å². The van der Waals surface area contributed by atoms with Crippen LogP contribution in [0.25, 0.3) is 21.8 Å². The molecule has 2 aromatic carbocycles. The normalized spacial score (nSPS) is 10.8. The van der Waals surface area contributed by atoms with Crippen LogP contribution in [0.1, 0.15) is 5.82 Å². The second-order valence-corrected chi connectivity index (χ2v) is 6.07. The molecule has 3 nitrogen and oxygen atoms in total. The van der Waals surface area contributed by atoms with E-state index in [2.05, 4.69) is 57.4 Å². The molecular weight excluding hydrogens is 314 g/mol. The predicted molar refractivity (Wildman–Crippen MR) is 93.9 cm³/mol. The SMILES string of the molecule is Cc1nc2ccc(Sc3cccc4cnccc34)cc2[nH]1.Cl. The molecule has 0 radical (unpaired) electrons. The molecule has 0 saturated carbocycles. The van der Waals surface area contributed by atoms with Crippen LogP contribution in [0.4, 0.5) is 0 Å². The van der Waals surface area contributed by atoms with Crippen molar-refractivity contribution in [3.05, 3.63) is 60.7 Å². The zero-order chi connectivity index (χ0) is 14.2. The maximum absolute atomic E-state index is 4.44. The van der Waals surface area contributed by atoms with E-state index in [1.807, 2.05) is 19.3 Å². The van der Waals surface area contributed by atoms with Crippen molar-refractivity contribution in [3.8, 4) is 0 Å². The van der Waals surface area contributed by atoms with E-state index in [-0.39, 0.29) is 12.4 Å². The number of aromatic amines is 1. The Balaban J connectivity index is 0.00000144. The van der Waals surface area contributed by atoms with Crippen LogP contribution in [0.5, 0.6) is 0 Å². The third kappa shape index (κ3) is 2.67. The van der Waals surface area contributed by atoms with Crippen molar-refractivity contribution in [2.75, 3.05) is 0 Å². The molecule has 0 aliphatic rings. The van der Waals surface area contributed by atoms with Crippen molar-refractivity contribution in [3.63, 3.8) is 0 Å². The van der Waals surface area contributed by atoms with Gasteiger partial charge in [0, 0.05) is 27.6 Å². The molecule has 0 saturated heterocycles. The lowest BCUT2D eigenvalue weighted by Crippen LogP contribution is -1.80. The second kappa shape index (κ2) is 5.99. The zero-order valence-corrected chi connectivity index (χ0v) is 13.5. The van der Waals surface area contributed by atoms with Gasteiger partial charge in [0.05, 0.1) is 11.0 Å². The van der Waals surface area contributed by atoms with Crippen molar-refractivity contribution in [1.29, 1.82) is 0 Å². The minimum atomic E-state index is 0. The van der Waals surface area contributed by atoms with Crippen LogP contribution in [-0.2, 0) is 0 Å². The number of hydrogen-bond acceptors (Lipinski definition) is 3. The van der Waals surface area contributed by atoms with E-state index >= 15 is 0 Å². The van der Waals surface area contributed by atoms with E-state index < -0.39 is 0 Å². The average Bonchev–Trinajstić information content (AvgIpc) is 2.87. The number of hydrogen-bond donors (Lipinski definition) is 1. The Bertz CT molecular complexity index is 944. The number of nitrogens with zero attached hydrogens (tertiary/aromatic N) is 2. The van der Waals surface area contributed by atoms with Gasteiger partial charge in [-0.25, -0.2) is 4.98 Å². The molecule has 4 aromatic rings. The molecule has 0 spiro atoms. The third-order valence-electron chi connectivity index (χ3n) is 3.44. The fourth-order valence-corrected chi connectivity index (χ4v) is 3.50. The fraction of sp³-hybridized carbons (Fsp3) is 0.0588. The molecule has 2 aromatic heterocycles. The van der Waals surface area contributed by atoms with E-state index in [4.69, 9.17) is 0 Å². The number of benzene rings is 2. The van der Waals surface area contributed by atoms with Gasteiger partial charge in [-0.05, 0) is 42.6 Å². The van der Waals surface area contributed by atoms with Gasteiger partial charge < -0.3 is 4.98 Å². The first kappa shape index (κ1) is 14.9. The van der Waals surface area contributed by atoms with Crippen molar-refractivity contribution < 1.29 is 0 Å². The molecule has 110 valence electrons. The third-order valence-corrected chi connectivity index (χ3v) is 4.51. The maximum Gasteiger partial charge on any atom is 0.104 e. The number of halogens is 1. The quantitative estimate of drug-likeness (QED) is 0.563. The lowest BCUT2D eigenvalue weighted by molar-refractivity contribution is 1.17. The van der Waals surface area contributed by atoms with E-state index in [0.717, 1.165) is 16.9 Å². The van der Waals surface area contributed by atoms with Gasteiger partial charge in [-0.2, -0.15) is 0 Å². The summed E-state index contributed by atoms with van der Waals surface area (Å²) in [6, 6.07) is 14.7. The van der Waals surface area contributed by atoms with Crippen LogP contribution >= 0.6 is 24.2 Å². The number of aromatic nitrogens is 3. The summed E-state index contributed by atoms with van der Waals surface area (Å²) in [5.74, 6) is 0.948. The summed E-state index contributed by atoms with van der Waals surface area (Å²) in [5, 5.41) is 2.40. The Hall–Kier alpha value is -2.04. The summed E-state index contributed by atoms with van der Waals surface area (Å²) >= 11 is 1.77. The highest BCUT2D eigenvalue weighted by molar-refractivity contribution is 7.99. The van der Waals surface area contributed by atoms with Gasteiger partial charge in [0.2, 0.25) is 0 Å². The monoisotopic (exact) mass is 327 g/mol. The van der Waals surface area contributed by atoms with Gasteiger partial charge in [-0.15, -0.1) is 12.4 Å². The van der Waals surface area contributed by atoms with Crippen molar-refractivity contribution in [2.45, 2.75) is 16.7 Å². The topological polar surface area (TPSA) is 41.6 Å². The Kier molecular flexibility index (Phi) is 4.05. The minimum Gasteiger partial charge on any atom is -0.342 e. The molecular formula is C17H14ClN3S. The first-order valence-corrected chi connectivity index (χ1v) is 7.58. The molecule has 0 amide bonds. The molecule has 0 aliphatic carbocycles. The minimum absolute atomic E-state index is 0. The molecule has 0 atom stereocenters. The number of imidazole rings is 1. The van der Waals surface area contributed by atoms with Crippen LogP contribution in [0.15, 0.2) is 64.6 Å². The van der Waals surface area contributed by atoms with Crippen molar-refractivity contribution >= 4 is 46.0 Å². The van der Waals surface area contributed by atoms with Crippen LogP contribution in [-0.4, -0.2) is 15.0 Å². The number of nitrogens with one attached hydrogen (secondary N) is 1. The molecule has 0 bridgehead atoms. The number of rotatable bonds is 2. The summed E-state index contributed by atoms with van der Waals surface area (Å²) in [5.41, 5.74) is 2.10. The number of H-pyrrole nitrogens is 1. The number of aryl methyl sites for hydroxylation is 1. The van der Waals surface area contributed by atoms with E-state index in [0.29, 0.717) is 0 Å². The molecule has 2 heterocycles. The van der Waals surface area contributed by atoms with Gasteiger partial charge in [0.15, 0.2) is 0 Å². The highest BCUT2D eigenvalue weighted by Crippen LogP contribution is 2.34. The summed E-state index contributed by atoms with van der Waals surface area (Å²) in [6.07, 6.45) is 3.74. The lowest BCUT2D eigenvalue weighted by atomic mass is 10.2. The van der Waals surface area contributed by atoms with Crippen molar-refractivity contribution in [2.24, 2.45) is 0 Å². The molecule has 0 fully saturated rings. The zero-order valence-electron chi connectivity index (χ0n) is 11.9. The molecule has 5 heteroatoms. The maximum atomic E-state index is 4.44. The van der Waals surface area contributed by atoms with Crippen LogP contribution < -0.4 is 0 Å². The Morgan fingerprint density at radius 1 is 1.09 bits per heavy atom. The van der Waals surface area contributed by atoms with Crippen LogP contribution in [0, 0.1) is 6.92 Å². The number of fused-ring (bicyclic) bond motifs is 2. The van der Waals surface area contributed by atoms with E-state index in [1.165, 1.54) is 20.6 Å². The van der Waals surface area contributed by atoms with Gasteiger partial charge in [0.25, 0.3) is 0 Å². The van der Waals surface area contributed by atoms with Gasteiger partial charge in [0.1, 0.15) is 5.82 Å². The van der Waals surface area contributed by atoms with Crippen LogP contribution in [0.3, 0.4) is 0 Å². The Morgan fingerprint density at radius 3 is 2.91 bits per heavy atom. The molecule has 0 aliphatic heterocycles. The molecule has 1 N–H and O–H groups in total. The smallest absolute Gasteiger partial charge is 0.104 e. The fourth-order valence-electron chi connectivity index (χ4n) is 2.49. The van der Waals surface area contributed by atoms with Gasteiger partial charge in [-0.3, -0.25) is 4.98 Å². The van der Waals surface area contributed by atoms with Crippen LogP contribution in [0.2, 0.25) is 0 Å². The summed E-state index contributed by atoms with van der Waals surface area (Å²) < 4.78 is 0. The first-order chi connectivity index (χ1) is 10.3. The summed E-state index contributed by atoms with van der Waals surface area (Å²) in [6.45, 7) is 1.98. The number of pyridine rings is 1. The van der Waals surface area contributed by atoms with Gasteiger partial charge in [-0.1, -0.05) is 23.9 Å². The summed E-state index contributed by atoms with van der Waals surface area (Å²) in [4.78, 5) is 14.4. The predicted octanol–water partition coefficient (Wildman–Crippen LogP) is 4.99. The van der Waals surface area contributed by atoms with E-state index in [1.54, 1.807) is 11.8 Å². The summed E-state index contributed by atoms with van der Waals surface area (Å²) in [7, 11) is 0. The van der Waals surface area contributed by atoms with Crippen molar-refractivity contribution in [1.82, 2.24) is 15.0 Å². The molecule has 0 unspecified atom stereocenters. The molecule has 4 rings (SSSR count). The van der Waals surface area contributed by atoms with E-state index in [9.17, 15) is 0 Å². The standard InChI is InChI=1S/C17H13N3S.ClH/c1-11-19-15-6-5-13(9-16(15)20-11)21-17-4-2-3-12-10-18-8-7-14(12)17;/h2-10H,1H3,(H,19,20);1H. The second-order valence-electron chi connectivity index (χ2n) is 4.96. The first-order valence-electron chi connectivity index (χ1n) is 6.76.